The van der Waals surface area contributed by atoms with Crippen LogP contribution in [0.4, 0.5) is 0 Å². The number of thiazole rings is 1. The number of hydrogen-bond donors (Lipinski definition) is 0. The summed E-state index contributed by atoms with van der Waals surface area (Å²) >= 11 is 1.71. The molecule has 3 rings (SSSR count). The molecule has 0 aromatic carbocycles. The molecule has 1 atom stereocenters. The molecule has 25 heavy (non-hydrogen) atoms. The van der Waals surface area contributed by atoms with E-state index in [0.29, 0.717) is 24.7 Å². The van der Waals surface area contributed by atoms with Gasteiger partial charge in [-0.25, -0.2) is 4.98 Å². The summed E-state index contributed by atoms with van der Waals surface area (Å²) in [5.41, 5.74) is 3.02. The first kappa shape index (κ1) is 18.0. The van der Waals surface area contributed by atoms with Gasteiger partial charge in [0.25, 0.3) is 0 Å². The molecule has 7 nitrogen and oxygen atoms in total. The molecule has 3 heterocycles. The van der Waals surface area contributed by atoms with Gasteiger partial charge in [0.1, 0.15) is 0 Å². The fourth-order valence-corrected chi connectivity index (χ4v) is 4.19. The largest absolute Gasteiger partial charge is 0.340 e. The lowest BCUT2D eigenvalue weighted by molar-refractivity contribution is -0.132. The predicted molar refractivity (Wildman–Crippen MR) is 95.3 cm³/mol. The van der Waals surface area contributed by atoms with Crippen LogP contribution < -0.4 is 0 Å². The molecule has 1 unspecified atom stereocenters. The molecule has 1 amide bonds. The lowest BCUT2D eigenvalue weighted by Crippen LogP contribution is -2.50. The average Bonchev–Trinajstić information content (AvgIpc) is 3.17. The average molecular weight is 363 g/mol. The Bertz CT molecular complexity index is 713. The van der Waals surface area contributed by atoms with Gasteiger partial charge in [0.15, 0.2) is 5.82 Å². The highest BCUT2D eigenvalue weighted by atomic mass is 32.1. The third-order valence-corrected chi connectivity index (χ3v) is 5.60. The Balaban J connectivity index is 1.60. The number of carbonyl (C=O) groups is 1. The van der Waals surface area contributed by atoms with Crippen molar-refractivity contribution in [1.82, 2.24) is 24.9 Å². The van der Waals surface area contributed by atoms with Crippen LogP contribution in [-0.2, 0) is 17.8 Å². The number of likely N-dealkylation sites (tertiary alicyclic amines) is 1. The maximum absolute atomic E-state index is 12.2. The second-order valence-corrected chi connectivity index (χ2v) is 7.52. The summed E-state index contributed by atoms with van der Waals surface area (Å²) in [5.74, 6) is 1.34. The van der Waals surface area contributed by atoms with E-state index in [1.807, 2.05) is 10.4 Å². The molecule has 2 aromatic rings. The van der Waals surface area contributed by atoms with Crippen molar-refractivity contribution >= 4 is 17.2 Å². The summed E-state index contributed by atoms with van der Waals surface area (Å²) in [5, 5.41) is 3.93. The van der Waals surface area contributed by atoms with Crippen LogP contribution in [-0.4, -0.2) is 56.5 Å². The van der Waals surface area contributed by atoms with E-state index in [4.69, 9.17) is 4.52 Å². The normalized spacial score (nSPS) is 18.4. The monoisotopic (exact) mass is 363 g/mol. The molecule has 0 aliphatic carbocycles. The van der Waals surface area contributed by atoms with E-state index in [0.717, 1.165) is 38.2 Å². The van der Waals surface area contributed by atoms with Crippen LogP contribution in [0, 0.1) is 13.8 Å². The number of rotatable bonds is 6. The highest BCUT2D eigenvalue weighted by Gasteiger charge is 2.27. The number of hydrogen-bond acceptors (Lipinski definition) is 7. The molecule has 0 N–H and O–H groups in total. The standard InChI is InChI=1S/C17H25N5O2S/c1-12-16(25-11-18-12)10-21-7-4-5-15(9-21)22(14(3)23)8-6-17-19-13(2)24-20-17/h11,15H,4-10H2,1-3H3. The molecule has 0 saturated carbocycles. The Morgan fingerprint density at radius 2 is 2.32 bits per heavy atom. The smallest absolute Gasteiger partial charge is 0.223 e. The van der Waals surface area contributed by atoms with Crippen molar-refractivity contribution in [3.63, 3.8) is 0 Å². The van der Waals surface area contributed by atoms with Gasteiger partial charge in [0.05, 0.1) is 11.2 Å². The van der Waals surface area contributed by atoms with Crippen molar-refractivity contribution < 1.29 is 9.32 Å². The van der Waals surface area contributed by atoms with Gasteiger partial charge in [-0.3, -0.25) is 9.69 Å². The van der Waals surface area contributed by atoms with Gasteiger partial charge in [-0.2, -0.15) is 4.98 Å². The van der Waals surface area contributed by atoms with Gasteiger partial charge < -0.3 is 9.42 Å². The molecule has 1 aliphatic heterocycles. The van der Waals surface area contributed by atoms with Crippen LogP contribution >= 0.6 is 11.3 Å². The highest BCUT2D eigenvalue weighted by molar-refractivity contribution is 7.09. The summed E-state index contributed by atoms with van der Waals surface area (Å²) in [6.45, 7) is 9.01. The zero-order valence-corrected chi connectivity index (χ0v) is 15.9. The zero-order valence-electron chi connectivity index (χ0n) is 15.1. The third kappa shape index (κ3) is 4.64. The fraction of sp³-hybridized carbons (Fsp3) is 0.647. The molecule has 136 valence electrons. The number of piperidine rings is 1. The van der Waals surface area contributed by atoms with Gasteiger partial charge in [-0.05, 0) is 26.3 Å². The highest BCUT2D eigenvalue weighted by Crippen LogP contribution is 2.21. The van der Waals surface area contributed by atoms with Crippen LogP contribution in [0.1, 0.15) is 42.1 Å². The Morgan fingerprint density at radius 1 is 1.48 bits per heavy atom. The summed E-state index contributed by atoms with van der Waals surface area (Å²) in [7, 11) is 0. The maximum atomic E-state index is 12.2. The lowest BCUT2D eigenvalue weighted by Gasteiger charge is -2.39. The summed E-state index contributed by atoms with van der Waals surface area (Å²) < 4.78 is 5.01. The minimum atomic E-state index is 0.112. The van der Waals surface area contributed by atoms with E-state index in [1.165, 1.54) is 4.88 Å². The first-order valence-electron chi connectivity index (χ1n) is 8.70. The van der Waals surface area contributed by atoms with E-state index >= 15 is 0 Å². The van der Waals surface area contributed by atoms with Crippen molar-refractivity contribution in [2.24, 2.45) is 0 Å². The van der Waals surface area contributed by atoms with E-state index in [2.05, 4.69) is 26.9 Å². The predicted octanol–water partition coefficient (Wildman–Crippen LogP) is 2.20. The van der Waals surface area contributed by atoms with Crippen molar-refractivity contribution in [2.75, 3.05) is 19.6 Å². The van der Waals surface area contributed by atoms with E-state index in [9.17, 15) is 4.79 Å². The Morgan fingerprint density at radius 3 is 2.96 bits per heavy atom. The zero-order chi connectivity index (χ0) is 17.8. The molecule has 1 aliphatic rings. The van der Waals surface area contributed by atoms with Gasteiger partial charge in [-0.1, -0.05) is 5.16 Å². The molecule has 8 heteroatoms. The van der Waals surface area contributed by atoms with Crippen LogP contribution in [0.5, 0.6) is 0 Å². The number of carbonyl (C=O) groups excluding carboxylic acids is 1. The van der Waals surface area contributed by atoms with Crippen molar-refractivity contribution in [3.05, 3.63) is 27.8 Å². The van der Waals surface area contributed by atoms with Crippen LogP contribution in [0.25, 0.3) is 0 Å². The van der Waals surface area contributed by atoms with Crippen LogP contribution in [0.15, 0.2) is 10.0 Å². The number of aryl methyl sites for hydroxylation is 2. The summed E-state index contributed by atoms with van der Waals surface area (Å²) in [6.07, 6.45) is 2.78. The van der Waals surface area contributed by atoms with Crippen LogP contribution in [0.3, 0.4) is 0 Å². The van der Waals surface area contributed by atoms with Crippen molar-refractivity contribution in [3.8, 4) is 0 Å². The molecular formula is C17H25N5O2S. The van der Waals surface area contributed by atoms with Gasteiger partial charge in [0.2, 0.25) is 11.8 Å². The molecule has 0 spiro atoms. The van der Waals surface area contributed by atoms with E-state index < -0.39 is 0 Å². The van der Waals surface area contributed by atoms with E-state index in [1.54, 1.807) is 25.2 Å². The molecule has 1 saturated heterocycles. The first-order chi connectivity index (χ1) is 12.0. The quantitative estimate of drug-likeness (QED) is 0.783. The number of nitrogens with zero attached hydrogens (tertiary/aromatic N) is 5. The Hall–Kier alpha value is -1.80. The second-order valence-electron chi connectivity index (χ2n) is 6.58. The van der Waals surface area contributed by atoms with E-state index in [-0.39, 0.29) is 11.9 Å². The molecule has 2 aromatic heterocycles. The minimum Gasteiger partial charge on any atom is -0.340 e. The molecule has 0 bridgehead atoms. The third-order valence-electron chi connectivity index (χ3n) is 4.68. The lowest BCUT2D eigenvalue weighted by atomic mass is 10.0. The molecule has 0 radical (unpaired) electrons. The fourth-order valence-electron chi connectivity index (χ4n) is 3.37. The summed E-state index contributed by atoms with van der Waals surface area (Å²) in [4.78, 5) is 26.5. The maximum Gasteiger partial charge on any atom is 0.223 e. The van der Waals surface area contributed by atoms with Crippen LogP contribution in [0.2, 0.25) is 0 Å². The minimum absolute atomic E-state index is 0.112. The van der Waals surface area contributed by atoms with Gasteiger partial charge in [0, 0.05) is 50.8 Å². The number of amides is 1. The van der Waals surface area contributed by atoms with Crippen molar-refractivity contribution in [1.29, 1.82) is 0 Å². The summed E-state index contributed by atoms with van der Waals surface area (Å²) in [6, 6.07) is 0.243. The Kier molecular flexibility index (Phi) is 5.80. The molecule has 1 fully saturated rings. The first-order valence-corrected chi connectivity index (χ1v) is 9.58. The van der Waals surface area contributed by atoms with Gasteiger partial charge >= 0.3 is 0 Å². The molecular weight excluding hydrogens is 338 g/mol. The van der Waals surface area contributed by atoms with Gasteiger partial charge in [-0.15, -0.1) is 11.3 Å². The second kappa shape index (κ2) is 8.05. The topological polar surface area (TPSA) is 75.4 Å². The SMILES string of the molecule is CC(=O)N(CCc1noc(C)n1)C1CCCN(Cc2scnc2C)C1. The Labute approximate surface area is 152 Å². The number of aromatic nitrogens is 3. The van der Waals surface area contributed by atoms with Crippen molar-refractivity contribution in [2.45, 2.75) is 52.6 Å².